The topological polar surface area (TPSA) is 87.7 Å². The zero-order valence-electron chi connectivity index (χ0n) is 14.5. The van der Waals surface area contributed by atoms with Crippen LogP contribution in [-0.4, -0.2) is 10.2 Å². The lowest BCUT2D eigenvalue weighted by atomic mass is 9.83. The average Bonchev–Trinajstić information content (AvgIpc) is 3.29. The summed E-state index contributed by atoms with van der Waals surface area (Å²) in [5, 5.41) is 19.1. The van der Waals surface area contributed by atoms with Crippen LogP contribution in [-0.2, 0) is 0 Å². The van der Waals surface area contributed by atoms with E-state index in [1.807, 2.05) is 17.5 Å². The third kappa shape index (κ3) is 2.57. The maximum absolute atomic E-state index is 9.72. The number of nitriles is 1. The number of ether oxygens (including phenoxy) is 1. The standard InChI is InChI=1S/C20H18N4OS/c1-11(2)12-5-7-13(8-6-12)16-14(10-21)19(22)25-20-17(16)18(23-24-20)15-4-3-9-26-15/h3-9,11,16H,22H2,1-2H3,(H,23,24)/t16-/m0/s1. The Balaban J connectivity index is 1.90. The zero-order valence-corrected chi connectivity index (χ0v) is 15.3. The third-order valence-corrected chi connectivity index (χ3v) is 5.53. The van der Waals surface area contributed by atoms with Crippen molar-refractivity contribution in [3.63, 3.8) is 0 Å². The predicted molar refractivity (Wildman–Crippen MR) is 102 cm³/mol. The highest BCUT2D eigenvalue weighted by Gasteiger charge is 2.35. The molecule has 130 valence electrons. The number of nitrogens with one attached hydrogen (secondary N) is 1. The predicted octanol–water partition coefficient (Wildman–Crippen LogP) is 4.48. The monoisotopic (exact) mass is 362 g/mol. The Bertz CT molecular complexity index is 1010. The Hall–Kier alpha value is -3.04. The molecule has 0 fully saturated rings. The van der Waals surface area contributed by atoms with Crippen molar-refractivity contribution in [2.24, 2.45) is 5.73 Å². The molecule has 1 aliphatic rings. The Morgan fingerprint density at radius 1 is 1.27 bits per heavy atom. The minimum Gasteiger partial charge on any atom is -0.420 e. The van der Waals surface area contributed by atoms with E-state index in [9.17, 15) is 5.26 Å². The van der Waals surface area contributed by atoms with Gasteiger partial charge in [0, 0.05) is 0 Å². The molecule has 0 aliphatic carbocycles. The van der Waals surface area contributed by atoms with Crippen LogP contribution in [0.4, 0.5) is 0 Å². The molecule has 0 unspecified atom stereocenters. The molecule has 1 atom stereocenters. The van der Waals surface area contributed by atoms with Gasteiger partial charge in [0.05, 0.1) is 22.1 Å². The molecular weight excluding hydrogens is 344 g/mol. The minimum absolute atomic E-state index is 0.113. The number of aromatic nitrogens is 2. The summed E-state index contributed by atoms with van der Waals surface area (Å²) >= 11 is 1.61. The number of rotatable bonds is 3. The summed E-state index contributed by atoms with van der Waals surface area (Å²) in [4.78, 5) is 1.05. The van der Waals surface area contributed by atoms with Crippen LogP contribution < -0.4 is 10.5 Å². The highest BCUT2D eigenvalue weighted by molar-refractivity contribution is 7.13. The maximum atomic E-state index is 9.72. The van der Waals surface area contributed by atoms with Gasteiger partial charge in [-0.3, -0.25) is 5.10 Å². The maximum Gasteiger partial charge on any atom is 0.244 e. The van der Waals surface area contributed by atoms with Crippen molar-refractivity contribution in [3.8, 4) is 22.5 Å². The molecule has 1 aromatic carbocycles. The number of hydrogen-bond acceptors (Lipinski definition) is 5. The van der Waals surface area contributed by atoms with Gasteiger partial charge in [0.1, 0.15) is 11.6 Å². The molecule has 3 aromatic rings. The molecule has 3 heterocycles. The molecule has 0 saturated carbocycles. The smallest absolute Gasteiger partial charge is 0.244 e. The lowest BCUT2D eigenvalue weighted by Crippen LogP contribution is -2.20. The van der Waals surface area contributed by atoms with Crippen LogP contribution in [0.3, 0.4) is 0 Å². The van der Waals surface area contributed by atoms with E-state index in [1.54, 1.807) is 11.3 Å². The molecule has 2 aromatic heterocycles. The highest BCUT2D eigenvalue weighted by atomic mass is 32.1. The fraction of sp³-hybridized carbons (Fsp3) is 0.200. The number of nitrogens with two attached hydrogens (primary N) is 1. The van der Waals surface area contributed by atoms with Crippen LogP contribution in [0.1, 0.15) is 42.4 Å². The zero-order chi connectivity index (χ0) is 18.3. The first-order valence-corrected chi connectivity index (χ1v) is 9.27. The van der Waals surface area contributed by atoms with Crippen LogP contribution in [0.15, 0.2) is 53.2 Å². The second-order valence-electron chi connectivity index (χ2n) is 6.54. The minimum atomic E-state index is -0.305. The molecule has 26 heavy (non-hydrogen) atoms. The van der Waals surface area contributed by atoms with E-state index in [0.717, 1.165) is 21.7 Å². The lowest BCUT2D eigenvalue weighted by molar-refractivity contribution is 0.379. The van der Waals surface area contributed by atoms with Crippen LogP contribution in [0, 0.1) is 11.3 Å². The van der Waals surface area contributed by atoms with Gasteiger partial charge in [-0.05, 0) is 28.5 Å². The summed E-state index contributed by atoms with van der Waals surface area (Å²) in [5.74, 6) is 0.687. The summed E-state index contributed by atoms with van der Waals surface area (Å²) in [6.07, 6.45) is 0. The fourth-order valence-electron chi connectivity index (χ4n) is 3.26. The first-order chi connectivity index (χ1) is 12.6. The number of hydrogen-bond donors (Lipinski definition) is 2. The fourth-order valence-corrected chi connectivity index (χ4v) is 3.99. The Kier molecular flexibility index (Phi) is 4.02. The first-order valence-electron chi connectivity index (χ1n) is 8.39. The number of thiophene rings is 1. The molecule has 0 bridgehead atoms. The Morgan fingerprint density at radius 2 is 2.04 bits per heavy atom. The van der Waals surface area contributed by atoms with Gasteiger partial charge >= 0.3 is 0 Å². The number of H-pyrrole nitrogens is 1. The molecule has 0 radical (unpaired) electrons. The number of aromatic amines is 1. The Morgan fingerprint density at radius 3 is 2.65 bits per heavy atom. The average molecular weight is 362 g/mol. The molecule has 4 rings (SSSR count). The van der Waals surface area contributed by atoms with Gasteiger partial charge in [-0.15, -0.1) is 16.4 Å². The SMILES string of the molecule is CC(C)c1ccc([C@H]2C(C#N)=C(N)Oc3n[nH]c(-c4cccs4)c32)cc1. The number of benzene rings is 1. The Labute approximate surface area is 155 Å². The molecule has 3 N–H and O–H groups in total. The molecule has 1 aliphatic heterocycles. The van der Waals surface area contributed by atoms with Gasteiger partial charge in [0.2, 0.25) is 11.8 Å². The quantitative estimate of drug-likeness (QED) is 0.719. The second-order valence-corrected chi connectivity index (χ2v) is 7.49. The van der Waals surface area contributed by atoms with E-state index in [2.05, 4.69) is 54.4 Å². The van der Waals surface area contributed by atoms with Crippen LogP contribution >= 0.6 is 11.3 Å². The molecule has 6 heteroatoms. The van der Waals surface area contributed by atoms with Crippen molar-refractivity contribution in [1.82, 2.24) is 10.2 Å². The van der Waals surface area contributed by atoms with Crippen LogP contribution in [0.2, 0.25) is 0 Å². The first kappa shape index (κ1) is 16.4. The van der Waals surface area contributed by atoms with Crippen molar-refractivity contribution in [2.45, 2.75) is 25.7 Å². The van der Waals surface area contributed by atoms with E-state index in [4.69, 9.17) is 10.5 Å². The van der Waals surface area contributed by atoms with Crippen molar-refractivity contribution >= 4 is 11.3 Å². The molecule has 5 nitrogen and oxygen atoms in total. The van der Waals surface area contributed by atoms with Crippen molar-refractivity contribution in [3.05, 3.63) is 69.9 Å². The van der Waals surface area contributed by atoms with Crippen LogP contribution in [0.25, 0.3) is 10.6 Å². The second kappa shape index (κ2) is 6.36. The molecule has 0 saturated heterocycles. The molecule has 0 amide bonds. The van der Waals surface area contributed by atoms with E-state index in [-0.39, 0.29) is 11.8 Å². The molecular formula is C20H18N4OS. The van der Waals surface area contributed by atoms with Crippen molar-refractivity contribution in [2.75, 3.05) is 0 Å². The summed E-state index contributed by atoms with van der Waals surface area (Å²) in [5.41, 5.74) is 10.4. The summed E-state index contributed by atoms with van der Waals surface area (Å²) in [6.45, 7) is 4.32. The van der Waals surface area contributed by atoms with Gasteiger partial charge in [0.25, 0.3) is 0 Å². The van der Waals surface area contributed by atoms with E-state index in [1.165, 1.54) is 5.56 Å². The number of nitrogens with zero attached hydrogens (tertiary/aromatic N) is 2. The summed E-state index contributed by atoms with van der Waals surface area (Å²) in [7, 11) is 0. The number of allylic oxidation sites excluding steroid dienone is 1. The van der Waals surface area contributed by atoms with Crippen LogP contribution in [0.5, 0.6) is 5.88 Å². The summed E-state index contributed by atoms with van der Waals surface area (Å²) < 4.78 is 5.62. The van der Waals surface area contributed by atoms with Gasteiger partial charge in [-0.1, -0.05) is 44.2 Å². The van der Waals surface area contributed by atoms with Gasteiger partial charge in [-0.25, -0.2) is 0 Å². The van der Waals surface area contributed by atoms with E-state index < -0.39 is 0 Å². The normalized spacial score (nSPS) is 16.3. The van der Waals surface area contributed by atoms with E-state index >= 15 is 0 Å². The van der Waals surface area contributed by atoms with Gasteiger partial charge < -0.3 is 10.5 Å². The third-order valence-electron chi connectivity index (χ3n) is 4.64. The lowest BCUT2D eigenvalue weighted by Gasteiger charge is -2.24. The van der Waals surface area contributed by atoms with Crippen molar-refractivity contribution in [1.29, 1.82) is 5.26 Å². The largest absolute Gasteiger partial charge is 0.420 e. The van der Waals surface area contributed by atoms with Gasteiger partial charge in [0.15, 0.2) is 0 Å². The van der Waals surface area contributed by atoms with Crippen molar-refractivity contribution < 1.29 is 4.74 Å². The number of fused-ring (bicyclic) bond motifs is 1. The van der Waals surface area contributed by atoms with Gasteiger partial charge in [-0.2, -0.15) is 5.26 Å². The van der Waals surface area contributed by atoms with E-state index in [0.29, 0.717) is 17.4 Å². The molecule has 0 spiro atoms. The highest BCUT2D eigenvalue weighted by Crippen LogP contribution is 2.46. The summed E-state index contributed by atoms with van der Waals surface area (Å²) in [6, 6.07) is 14.6.